The number of hydrogen-bond donors (Lipinski definition) is 2. The zero-order valence-electron chi connectivity index (χ0n) is 19.3. The monoisotopic (exact) mass is 418 g/mol. The summed E-state index contributed by atoms with van der Waals surface area (Å²) in [5, 5.41) is 13.2. The molecule has 0 radical (unpaired) electrons. The van der Waals surface area contributed by atoms with Gasteiger partial charge in [0, 0.05) is 0 Å². The maximum atomic E-state index is 12.1. The van der Waals surface area contributed by atoms with Gasteiger partial charge in [-0.25, -0.2) is 9.59 Å². The molecule has 0 bridgehead atoms. The molecule has 166 valence electrons. The largest absolute Gasteiger partial charge is 0.434 e. The first-order chi connectivity index (χ1) is 13.9. The van der Waals surface area contributed by atoms with Crippen molar-refractivity contribution in [3.8, 4) is 0 Å². The van der Waals surface area contributed by atoms with Gasteiger partial charge in [-0.15, -0.1) is 0 Å². The minimum Gasteiger partial charge on any atom is -0.311 e. The molecule has 8 heteroatoms. The molecule has 0 heterocycles. The van der Waals surface area contributed by atoms with E-state index in [9.17, 15) is 9.59 Å². The number of nitrogens with one attached hydrogen (secondary N) is 2. The highest BCUT2D eigenvalue weighted by atomic mass is 16.7. The van der Waals surface area contributed by atoms with Crippen molar-refractivity contribution < 1.29 is 19.3 Å². The maximum absolute atomic E-state index is 12.1. The van der Waals surface area contributed by atoms with E-state index in [1.807, 2.05) is 65.8 Å². The van der Waals surface area contributed by atoms with Crippen molar-refractivity contribution in [2.75, 3.05) is 0 Å². The van der Waals surface area contributed by atoms with Gasteiger partial charge in [-0.1, -0.05) is 48.4 Å². The quantitative estimate of drug-likeness (QED) is 0.345. The van der Waals surface area contributed by atoms with Gasteiger partial charge in [0.05, 0.1) is 22.5 Å². The summed E-state index contributed by atoms with van der Waals surface area (Å²) in [6, 6.07) is 7.58. The number of carbonyl (C=O) groups is 2. The highest BCUT2D eigenvalue weighted by Crippen LogP contribution is 2.27. The van der Waals surface area contributed by atoms with E-state index in [1.54, 1.807) is 13.8 Å². The molecular weight excluding hydrogens is 384 g/mol. The number of nitrogens with zero attached hydrogens (tertiary/aromatic N) is 2. The van der Waals surface area contributed by atoms with Gasteiger partial charge in [0.15, 0.2) is 0 Å². The minimum atomic E-state index is -0.720. The molecule has 0 aromatic heterocycles. The Hall–Kier alpha value is -2.90. The van der Waals surface area contributed by atoms with Gasteiger partial charge in [-0.3, -0.25) is 9.68 Å². The molecule has 1 rings (SSSR count). The molecular formula is C22H34N4O4. The second kappa shape index (κ2) is 10.8. The summed E-state index contributed by atoms with van der Waals surface area (Å²) in [6.45, 7) is 14.9. The second-order valence-corrected chi connectivity index (χ2v) is 8.20. The first-order valence-corrected chi connectivity index (χ1v) is 10.1. The van der Waals surface area contributed by atoms with Crippen LogP contribution >= 0.6 is 0 Å². The number of benzene rings is 1. The van der Waals surface area contributed by atoms with Gasteiger partial charge >= 0.3 is 12.2 Å². The summed E-state index contributed by atoms with van der Waals surface area (Å²) in [5.41, 5.74) is 1.70. The smallest absolute Gasteiger partial charge is 0.311 e. The topological polar surface area (TPSA) is 101 Å². The van der Waals surface area contributed by atoms with Crippen molar-refractivity contribution in [2.24, 2.45) is 10.3 Å². The SMILES string of the molecule is CC/C(C)=N/OC(=O)NC(C)(C)c1cccc(C(C)(C)NC(=O)O/N=C(\C)CC)c1. The maximum Gasteiger partial charge on any atom is 0.434 e. The average Bonchev–Trinajstić information content (AvgIpc) is 2.69. The zero-order valence-corrected chi connectivity index (χ0v) is 19.3. The number of hydrogen-bond acceptors (Lipinski definition) is 6. The molecule has 0 spiro atoms. The first kappa shape index (κ1) is 25.1. The van der Waals surface area contributed by atoms with Gasteiger partial charge in [-0.2, -0.15) is 0 Å². The Labute approximate surface area is 179 Å². The van der Waals surface area contributed by atoms with Crippen LogP contribution in [0.3, 0.4) is 0 Å². The van der Waals surface area contributed by atoms with E-state index >= 15 is 0 Å². The van der Waals surface area contributed by atoms with E-state index in [0.29, 0.717) is 12.8 Å². The van der Waals surface area contributed by atoms with Crippen molar-refractivity contribution in [3.05, 3.63) is 35.4 Å². The van der Waals surface area contributed by atoms with Gasteiger partial charge in [0.1, 0.15) is 0 Å². The fourth-order valence-corrected chi connectivity index (χ4v) is 2.36. The summed E-state index contributed by atoms with van der Waals surface area (Å²) in [7, 11) is 0. The van der Waals surface area contributed by atoms with Gasteiger partial charge in [0.2, 0.25) is 0 Å². The van der Waals surface area contributed by atoms with Gasteiger partial charge < -0.3 is 10.6 Å². The zero-order chi connectivity index (χ0) is 22.9. The fraction of sp³-hybridized carbons (Fsp3) is 0.545. The molecule has 0 saturated carbocycles. The molecule has 0 aliphatic rings. The van der Waals surface area contributed by atoms with Crippen LogP contribution in [0.1, 0.15) is 79.4 Å². The highest BCUT2D eigenvalue weighted by molar-refractivity contribution is 5.82. The summed E-state index contributed by atoms with van der Waals surface area (Å²) in [6.07, 6.45) is 0.130. The fourth-order valence-electron chi connectivity index (χ4n) is 2.36. The Balaban J connectivity index is 2.94. The molecule has 0 atom stereocenters. The van der Waals surface area contributed by atoms with Crippen molar-refractivity contribution in [1.29, 1.82) is 0 Å². The lowest BCUT2D eigenvalue weighted by Crippen LogP contribution is -2.43. The van der Waals surface area contributed by atoms with Crippen LogP contribution in [0.2, 0.25) is 0 Å². The predicted molar refractivity (Wildman–Crippen MR) is 119 cm³/mol. The molecule has 30 heavy (non-hydrogen) atoms. The van der Waals surface area contributed by atoms with Crippen LogP contribution < -0.4 is 10.6 Å². The van der Waals surface area contributed by atoms with Crippen molar-refractivity contribution in [1.82, 2.24) is 10.6 Å². The second-order valence-electron chi connectivity index (χ2n) is 8.20. The Bertz CT molecular complexity index is 750. The number of rotatable bonds is 8. The molecule has 2 N–H and O–H groups in total. The molecule has 0 saturated heterocycles. The van der Waals surface area contributed by atoms with E-state index in [-0.39, 0.29) is 0 Å². The van der Waals surface area contributed by atoms with E-state index in [4.69, 9.17) is 9.68 Å². The predicted octanol–water partition coefficient (Wildman–Crippen LogP) is 5.18. The van der Waals surface area contributed by atoms with E-state index in [2.05, 4.69) is 20.9 Å². The number of oxime groups is 2. The Morgan fingerprint density at radius 1 is 0.833 bits per heavy atom. The molecule has 0 unspecified atom stereocenters. The minimum absolute atomic E-state index is 0.636. The molecule has 0 aliphatic carbocycles. The van der Waals surface area contributed by atoms with Crippen molar-refractivity contribution in [2.45, 2.75) is 79.3 Å². The third-order valence-electron chi connectivity index (χ3n) is 4.73. The number of carbonyl (C=O) groups excluding carboxylic acids is 2. The summed E-state index contributed by atoms with van der Waals surface area (Å²) < 4.78 is 0. The third kappa shape index (κ3) is 7.85. The Morgan fingerprint density at radius 2 is 1.20 bits per heavy atom. The van der Waals surface area contributed by atoms with Crippen LogP contribution in [0.25, 0.3) is 0 Å². The molecule has 0 fully saturated rings. The van der Waals surface area contributed by atoms with Crippen molar-refractivity contribution in [3.63, 3.8) is 0 Å². The third-order valence-corrected chi connectivity index (χ3v) is 4.73. The van der Waals surface area contributed by atoms with Crippen LogP contribution in [0.4, 0.5) is 9.59 Å². The highest BCUT2D eigenvalue weighted by Gasteiger charge is 2.28. The molecule has 1 aromatic carbocycles. The van der Waals surface area contributed by atoms with Gasteiger partial charge in [0.25, 0.3) is 0 Å². The average molecular weight is 419 g/mol. The number of amides is 2. The van der Waals surface area contributed by atoms with Crippen molar-refractivity contribution >= 4 is 23.6 Å². The summed E-state index contributed by atoms with van der Waals surface area (Å²) in [5.74, 6) is 0. The summed E-state index contributed by atoms with van der Waals surface area (Å²) >= 11 is 0. The van der Waals surface area contributed by atoms with E-state index in [0.717, 1.165) is 22.6 Å². The van der Waals surface area contributed by atoms with Crippen LogP contribution in [-0.4, -0.2) is 23.6 Å². The molecule has 1 aromatic rings. The standard InChI is InChI=1S/C22H34N4O4/c1-9-15(3)25-29-19(27)23-21(5,6)17-12-11-13-18(14-17)22(7,8)24-20(28)30-26-16(4)10-2/h11-14H,9-10H2,1-8H3,(H,23,27)(H,24,28)/b25-15+,26-16+. The van der Waals surface area contributed by atoms with E-state index < -0.39 is 23.3 Å². The molecule has 8 nitrogen and oxygen atoms in total. The van der Waals surface area contributed by atoms with Crippen LogP contribution in [0.15, 0.2) is 34.6 Å². The Morgan fingerprint density at radius 3 is 1.53 bits per heavy atom. The lowest BCUT2D eigenvalue weighted by Gasteiger charge is -2.30. The van der Waals surface area contributed by atoms with Crippen LogP contribution in [-0.2, 0) is 20.8 Å². The first-order valence-electron chi connectivity index (χ1n) is 10.1. The molecule has 2 amide bonds. The van der Waals surface area contributed by atoms with E-state index in [1.165, 1.54) is 0 Å². The van der Waals surface area contributed by atoms with Crippen LogP contribution in [0, 0.1) is 0 Å². The van der Waals surface area contributed by atoms with Gasteiger partial charge in [-0.05, 0) is 65.5 Å². The summed E-state index contributed by atoms with van der Waals surface area (Å²) in [4.78, 5) is 34.0. The Kier molecular flexibility index (Phi) is 9.01. The van der Waals surface area contributed by atoms with Crippen LogP contribution in [0.5, 0.6) is 0 Å². The lowest BCUT2D eigenvalue weighted by atomic mass is 9.87. The normalized spacial score (nSPS) is 12.9. The lowest BCUT2D eigenvalue weighted by molar-refractivity contribution is 0.139. The molecule has 0 aliphatic heterocycles.